The molecule has 0 radical (unpaired) electrons. The zero-order chi connectivity index (χ0) is 11.1. The lowest BCUT2D eigenvalue weighted by Gasteiger charge is -2.05. The van der Waals surface area contributed by atoms with Gasteiger partial charge in [0, 0.05) is 6.54 Å². The van der Waals surface area contributed by atoms with Crippen LogP contribution in [0.25, 0.3) is 11.0 Å². The van der Waals surface area contributed by atoms with E-state index in [9.17, 15) is 0 Å². The van der Waals surface area contributed by atoms with E-state index < -0.39 is 0 Å². The van der Waals surface area contributed by atoms with Gasteiger partial charge in [0.15, 0.2) is 11.0 Å². The highest BCUT2D eigenvalue weighted by atomic mass is 16.6. The lowest BCUT2D eigenvalue weighted by Crippen LogP contribution is -2.05. The molecule has 5 heteroatoms. The maximum Gasteiger partial charge on any atom is 0.160 e. The summed E-state index contributed by atoms with van der Waals surface area (Å²) in [5, 5.41) is 11.0. The van der Waals surface area contributed by atoms with Crippen LogP contribution in [0.5, 0.6) is 0 Å². The minimum atomic E-state index is 0.599. The van der Waals surface area contributed by atoms with E-state index in [1.165, 1.54) is 6.42 Å². The summed E-state index contributed by atoms with van der Waals surface area (Å²) in [6, 6.07) is 3.75. The zero-order valence-corrected chi connectivity index (χ0v) is 9.10. The Bertz CT molecular complexity index is 522. The lowest BCUT2D eigenvalue weighted by atomic mass is 10.2. The molecule has 3 N–H and O–H groups in total. The quantitative estimate of drug-likeness (QED) is 0.769. The van der Waals surface area contributed by atoms with Crippen LogP contribution in [0.2, 0.25) is 0 Å². The van der Waals surface area contributed by atoms with Crippen LogP contribution in [0.3, 0.4) is 0 Å². The maximum absolute atomic E-state index is 5.77. The van der Waals surface area contributed by atoms with Crippen molar-refractivity contribution in [2.75, 3.05) is 17.6 Å². The molecule has 0 spiro atoms. The van der Waals surface area contributed by atoms with E-state index >= 15 is 0 Å². The molecule has 1 aliphatic rings. The smallest absolute Gasteiger partial charge is 0.160 e. The highest BCUT2D eigenvalue weighted by Gasteiger charge is 2.32. The van der Waals surface area contributed by atoms with Crippen LogP contribution in [0, 0.1) is 11.8 Å². The summed E-state index contributed by atoms with van der Waals surface area (Å²) in [4.78, 5) is 0. The number of anilines is 2. The topological polar surface area (TPSA) is 77.0 Å². The number of nitrogens with zero attached hydrogens (tertiary/aromatic N) is 2. The molecule has 2 unspecified atom stereocenters. The highest BCUT2D eigenvalue weighted by Crippen LogP contribution is 2.38. The van der Waals surface area contributed by atoms with Gasteiger partial charge in [-0.3, -0.25) is 0 Å². The first-order chi connectivity index (χ1) is 7.75. The Kier molecular flexibility index (Phi) is 1.99. The van der Waals surface area contributed by atoms with Crippen LogP contribution >= 0.6 is 0 Å². The van der Waals surface area contributed by atoms with E-state index in [1.807, 2.05) is 12.1 Å². The van der Waals surface area contributed by atoms with Gasteiger partial charge in [0.2, 0.25) is 0 Å². The van der Waals surface area contributed by atoms with Crippen LogP contribution < -0.4 is 11.1 Å². The molecule has 1 aromatic carbocycles. The Morgan fingerprint density at radius 2 is 2.19 bits per heavy atom. The number of rotatable bonds is 3. The number of nitrogen functional groups attached to an aromatic ring is 1. The van der Waals surface area contributed by atoms with E-state index in [-0.39, 0.29) is 0 Å². The Hall–Kier alpha value is -1.78. The Morgan fingerprint density at radius 3 is 2.94 bits per heavy atom. The maximum atomic E-state index is 5.77. The Morgan fingerprint density at radius 1 is 1.44 bits per heavy atom. The third-order valence-electron chi connectivity index (χ3n) is 3.28. The summed E-state index contributed by atoms with van der Waals surface area (Å²) in [6.45, 7) is 3.25. The average molecular weight is 218 g/mol. The van der Waals surface area contributed by atoms with Crippen LogP contribution in [-0.4, -0.2) is 16.9 Å². The van der Waals surface area contributed by atoms with Gasteiger partial charge in [0.25, 0.3) is 0 Å². The van der Waals surface area contributed by atoms with Crippen molar-refractivity contribution in [3.8, 4) is 0 Å². The molecule has 0 aliphatic heterocycles. The summed E-state index contributed by atoms with van der Waals surface area (Å²) >= 11 is 0. The molecular formula is C11H14N4O. The fraction of sp³-hybridized carbons (Fsp3) is 0.455. The van der Waals surface area contributed by atoms with E-state index in [4.69, 9.17) is 10.4 Å². The normalized spacial score (nSPS) is 23.6. The summed E-state index contributed by atoms with van der Waals surface area (Å²) < 4.78 is 4.71. The van der Waals surface area contributed by atoms with Crippen molar-refractivity contribution in [3.05, 3.63) is 12.1 Å². The molecule has 1 heterocycles. The summed E-state index contributed by atoms with van der Waals surface area (Å²) in [7, 11) is 0. The molecule has 5 nitrogen and oxygen atoms in total. The molecule has 16 heavy (non-hydrogen) atoms. The van der Waals surface area contributed by atoms with Crippen LogP contribution in [0.15, 0.2) is 16.8 Å². The predicted molar refractivity (Wildman–Crippen MR) is 62.0 cm³/mol. The minimum Gasteiger partial charge on any atom is -0.397 e. The summed E-state index contributed by atoms with van der Waals surface area (Å²) in [5.41, 5.74) is 8.67. The van der Waals surface area contributed by atoms with Gasteiger partial charge >= 0.3 is 0 Å². The number of aromatic nitrogens is 2. The number of nitrogens with two attached hydrogens (primary N) is 1. The van der Waals surface area contributed by atoms with Crippen molar-refractivity contribution in [3.63, 3.8) is 0 Å². The molecule has 0 bridgehead atoms. The molecule has 1 saturated carbocycles. The van der Waals surface area contributed by atoms with E-state index in [0.29, 0.717) is 16.7 Å². The van der Waals surface area contributed by atoms with Crippen molar-refractivity contribution in [1.29, 1.82) is 0 Å². The van der Waals surface area contributed by atoms with Crippen molar-refractivity contribution in [2.45, 2.75) is 13.3 Å². The zero-order valence-electron chi connectivity index (χ0n) is 9.10. The van der Waals surface area contributed by atoms with Gasteiger partial charge in [-0.2, -0.15) is 0 Å². The SMILES string of the molecule is CC1CC1CNc1ccc(N)c2nonc12. The van der Waals surface area contributed by atoms with Gasteiger partial charge in [-0.05, 0) is 40.7 Å². The van der Waals surface area contributed by atoms with E-state index in [0.717, 1.165) is 24.1 Å². The molecule has 2 atom stereocenters. The summed E-state index contributed by atoms with van der Waals surface area (Å²) in [6.07, 6.45) is 1.31. The minimum absolute atomic E-state index is 0.599. The van der Waals surface area contributed by atoms with Gasteiger partial charge in [-0.15, -0.1) is 0 Å². The first kappa shape index (κ1) is 9.45. The third-order valence-corrected chi connectivity index (χ3v) is 3.28. The first-order valence-corrected chi connectivity index (χ1v) is 5.50. The standard InChI is InChI=1S/C11H14N4O/c1-6-4-7(6)5-13-9-3-2-8(12)10-11(9)15-16-14-10/h2-3,6-7,13H,4-5,12H2,1H3. The van der Waals surface area contributed by atoms with Crippen LogP contribution in [-0.2, 0) is 0 Å². The number of hydrogen-bond donors (Lipinski definition) is 2. The number of hydrogen-bond acceptors (Lipinski definition) is 5. The Balaban J connectivity index is 1.85. The third kappa shape index (κ3) is 1.48. The van der Waals surface area contributed by atoms with Gasteiger partial charge in [0.05, 0.1) is 11.4 Å². The van der Waals surface area contributed by atoms with Crippen LogP contribution in [0.4, 0.5) is 11.4 Å². The Labute approximate surface area is 93.0 Å². The molecule has 84 valence electrons. The second kappa shape index (κ2) is 3.37. The van der Waals surface area contributed by atoms with Crippen molar-refractivity contribution in [2.24, 2.45) is 11.8 Å². The fourth-order valence-corrected chi connectivity index (χ4v) is 1.95. The monoisotopic (exact) mass is 218 g/mol. The fourth-order valence-electron chi connectivity index (χ4n) is 1.95. The van der Waals surface area contributed by atoms with Crippen molar-refractivity contribution < 1.29 is 4.63 Å². The average Bonchev–Trinajstić information content (AvgIpc) is 2.80. The van der Waals surface area contributed by atoms with E-state index in [2.05, 4.69) is 22.6 Å². The molecule has 1 aliphatic carbocycles. The van der Waals surface area contributed by atoms with E-state index in [1.54, 1.807) is 0 Å². The number of nitrogens with one attached hydrogen (secondary N) is 1. The van der Waals surface area contributed by atoms with Gasteiger partial charge in [0.1, 0.15) is 0 Å². The van der Waals surface area contributed by atoms with Crippen molar-refractivity contribution >= 4 is 22.4 Å². The molecule has 0 saturated heterocycles. The van der Waals surface area contributed by atoms with Gasteiger partial charge in [-0.25, -0.2) is 4.63 Å². The van der Waals surface area contributed by atoms with Crippen LogP contribution in [0.1, 0.15) is 13.3 Å². The highest BCUT2D eigenvalue weighted by molar-refractivity contribution is 5.94. The number of fused-ring (bicyclic) bond motifs is 1. The van der Waals surface area contributed by atoms with Crippen molar-refractivity contribution in [1.82, 2.24) is 10.3 Å². The first-order valence-electron chi connectivity index (χ1n) is 5.50. The second-order valence-electron chi connectivity index (χ2n) is 4.52. The molecule has 0 amide bonds. The second-order valence-corrected chi connectivity index (χ2v) is 4.52. The van der Waals surface area contributed by atoms with Gasteiger partial charge < -0.3 is 11.1 Å². The predicted octanol–water partition coefficient (Wildman–Crippen LogP) is 1.87. The molecule has 3 rings (SSSR count). The summed E-state index contributed by atoms with van der Waals surface area (Å²) in [5.74, 6) is 1.62. The molecule has 1 aromatic heterocycles. The molecule has 1 fully saturated rings. The molecule has 2 aromatic rings. The molecular weight excluding hydrogens is 204 g/mol. The lowest BCUT2D eigenvalue weighted by molar-refractivity contribution is 0.315. The van der Waals surface area contributed by atoms with Gasteiger partial charge in [-0.1, -0.05) is 6.92 Å². The number of benzene rings is 1. The largest absolute Gasteiger partial charge is 0.397 e.